The average molecular weight is 297 g/mol. The Bertz CT molecular complexity index is 683. The highest BCUT2D eigenvalue weighted by Crippen LogP contribution is 2.38. The molecule has 1 amide bonds. The molecule has 2 rings (SSSR count). The van der Waals surface area contributed by atoms with Crippen LogP contribution >= 0.6 is 0 Å². The first kappa shape index (κ1) is 14.7. The van der Waals surface area contributed by atoms with Crippen LogP contribution in [0.5, 0.6) is 11.5 Å². The number of halogens is 3. The lowest BCUT2D eigenvalue weighted by atomic mass is 10.0. The minimum absolute atomic E-state index is 0.0448. The van der Waals surface area contributed by atoms with E-state index in [1.54, 1.807) is 0 Å². The highest BCUT2D eigenvalue weighted by Gasteiger charge is 2.32. The SMILES string of the molecule is NC(=O)c1ccc(-c2ccccc2OC(F)(F)F)c(O)c1. The summed E-state index contributed by atoms with van der Waals surface area (Å²) in [5.41, 5.74) is 5.25. The van der Waals surface area contributed by atoms with E-state index in [-0.39, 0.29) is 22.4 Å². The third-order valence-corrected chi connectivity index (χ3v) is 2.69. The number of nitrogens with two attached hydrogens (primary N) is 1. The molecule has 0 saturated carbocycles. The molecule has 3 N–H and O–H groups in total. The van der Waals surface area contributed by atoms with Crippen LogP contribution in [0.3, 0.4) is 0 Å². The predicted octanol–water partition coefficient (Wildman–Crippen LogP) is 3.06. The summed E-state index contributed by atoms with van der Waals surface area (Å²) in [5.74, 6) is -1.58. The summed E-state index contributed by atoms with van der Waals surface area (Å²) in [6.45, 7) is 0. The van der Waals surface area contributed by atoms with Gasteiger partial charge < -0.3 is 15.6 Å². The van der Waals surface area contributed by atoms with Crippen molar-refractivity contribution in [3.05, 3.63) is 48.0 Å². The van der Waals surface area contributed by atoms with E-state index in [4.69, 9.17) is 5.73 Å². The molecule has 0 aliphatic rings. The van der Waals surface area contributed by atoms with Gasteiger partial charge in [-0.1, -0.05) is 18.2 Å². The molecule has 0 aromatic heterocycles. The molecule has 0 spiro atoms. The van der Waals surface area contributed by atoms with Crippen molar-refractivity contribution in [1.82, 2.24) is 0 Å². The fraction of sp³-hybridized carbons (Fsp3) is 0.0714. The van der Waals surface area contributed by atoms with E-state index in [0.717, 1.165) is 12.1 Å². The summed E-state index contributed by atoms with van der Waals surface area (Å²) >= 11 is 0. The van der Waals surface area contributed by atoms with Crippen LogP contribution < -0.4 is 10.5 Å². The van der Waals surface area contributed by atoms with Gasteiger partial charge in [-0.3, -0.25) is 4.79 Å². The Morgan fingerprint density at radius 1 is 1.10 bits per heavy atom. The first-order chi connectivity index (χ1) is 9.78. The quantitative estimate of drug-likeness (QED) is 0.914. The lowest BCUT2D eigenvalue weighted by Gasteiger charge is -2.14. The lowest BCUT2D eigenvalue weighted by Crippen LogP contribution is -2.17. The van der Waals surface area contributed by atoms with Gasteiger partial charge >= 0.3 is 6.36 Å². The fourth-order valence-corrected chi connectivity index (χ4v) is 1.82. The van der Waals surface area contributed by atoms with Gasteiger partial charge in [0.05, 0.1) is 0 Å². The van der Waals surface area contributed by atoms with Gasteiger partial charge in [0, 0.05) is 16.7 Å². The molecular weight excluding hydrogens is 287 g/mol. The molecule has 0 heterocycles. The number of hydrogen-bond acceptors (Lipinski definition) is 3. The molecule has 0 radical (unpaired) electrons. The Morgan fingerprint density at radius 3 is 2.33 bits per heavy atom. The Kier molecular flexibility index (Phi) is 3.75. The van der Waals surface area contributed by atoms with Gasteiger partial charge in [0.25, 0.3) is 0 Å². The minimum atomic E-state index is -4.85. The molecule has 0 unspecified atom stereocenters. The van der Waals surface area contributed by atoms with Crippen LogP contribution in [0.15, 0.2) is 42.5 Å². The zero-order valence-corrected chi connectivity index (χ0v) is 10.5. The number of hydrogen-bond donors (Lipinski definition) is 2. The summed E-state index contributed by atoms with van der Waals surface area (Å²) in [4.78, 5) is 11.0. The standard InChI is InChI=1S/C14H10F3NO3/c15-14(16,17)21-12-4-2-1-3-10(12)9-6-5-8(13(18)20)7-11(9)19/h1-7,19H,(H2,18,20). The first-order valence-corrected chi connectivity index (χ1v) is 5.76. The van der Waals surface area contributed by atoms with Crippen molar-refractivity contribution in [3.8, 4) is 22.6 Å². The number of aromatic hydroxyl groups is 1. The summed E-state index contributed by atoms with van der Waals surface area (Å²) < 4.78 is 41.0. The zero-order chi connectivity index (χ0) is 15.6. The number of ether oxygens (including phenoxy) is 1. The molecule has 4 nitrogen and oxygen atoms in total. The number of phenols is 1. The number of benzene rings is 2. The number of alkyl halides is 3. The smallest absolute Gasteiger partial charge is 0.507 e. The monoisotopic (exact) mass is 297 g/mol. The highest BCUT2D eigenvalue weighted by atomic mass is 19.4. The van der Waals surface area contributed by atoms with Crippen LogP contribution in [0.25, 0.3) is 11.1 Å². The Labute approximate surface area is 117 Å². The van der Waals surface area contributed by atoms with Crippen molar-refractivity contribution in [1.29, 1.82) is 0 Å². The summed E-state index contributed by atoms with van der Waals surface area (Å²) in [7, 11) is 0. The van der Waals surface area contributed by atoms with Crippen molar-refractivity contribution in [2.24, 2.45) is 5.73 Å². The van der Waals surface area contributed by atoms with Gasteiger partial charge in [0.2, 0.25) is 5.91 Å². The van der Waals surface area contributed by atoms with Crippen molar-refractivity contribution in [3.63, 3.8) is 0 Å². The van der Waals surface area contributed by atoms with Crippen molar-refractivity contribution in [2.75, 3.05) is 0 Å². The normalized spacial score (nSPS) is 11.2. The molecule has 2 aromatic rings. The molecule has 2 aromatic carbocycles. The maximum absolute atomic E-state index is 12.4. The van der Waals surface area contributed by atoms with Crippen LogP contribution in [-0.2, 0) is 0 Å². The number of carbonyl (C=O) groups excluding carboxylic acids is 1. The van der Waals surface area contributed by atoms with Gasteiger partial charge in [0.15, 0.2) is 0 Å². The Morgan fingerprint density at radius 2 is 1.76 bits per heavy atom. The molecule has 21 heavy (non-hydrogen) atoms. The van der Waals surface area contributed by atoms with E-state index in [1.165, 1.54) is 30.3 Å². The first-order valence-electron chi connectivity index (χ1n) is 5.76. The van der Waals surface area contributed by atoms with E-state index in [9.17, 15) is 23.1 Å². The van der Waals surface area contributed by atoms with Crippen LogP contribution in [0.1, 0.15) is 10.4 Å². The second kappa shape index (κ2) is 5.35. The molecular formula is C14H10F3NO3. The minimum Gasteiger partial charge on any atom is -0.507 e. The van der Waals surface area contributed by atoms with Gasteiger partial charge in [-0.05, 0) is 24.3 Å². The number of rotatable bonds is 3. The predicted molar refractivity (Wildman–Crippen MR) is 68.7 cm³/mol. The maximum atomic E-state index is 12.4. The third-order valence-electron chi connectivity index (χ3n) is 2.69. The molecule has 0 bridgehead atoms. The maximum Gasteiger partial charge on any atom is 0.573 e. The van der Waals surface area contributed by atoms with Gasteiger partial charge in [0.1, 0.15) is 11.5 Å². The zero-order valence-electron chi connectivity index (χ0n) is 10.5. The van der Waals surface area contributed by atoms with Crippen LogP contribution in [-0.4, -0.2) is 17.4 Å². The lowest BCUT2D eigenvalue weighted by molar-refractivity contribution is -0.274. The van der Waals surface area contributed by atoms with Crippen molar-refractivity contribution in [2.45, 2.75) is 6.36 Å². The molecule has 0 fully saturated rings. The summed E-state index contributed by atoms with van der Waals surface area (Å²) in [5, 5.41) is 9.87. The number of primary amides is 1. The van der Waals surface area contributed by atoms with E-state index in [2.05, 4.69) is 4.74 Å². The number of para-hydroxylation sites is 1. The highest BCUT2D eigenvalue weighted by molar-refractivity contribution is 5.94. The van der Waals surface area contributed by atoms with Crippen LogP contribution in [0.4, 0.5) is 13.2 Å². The number of amides is 1. The van der Waals surface area contributed by atoms with Gasteiger partial charge in [-0.2, -0.15) is 0 Å². The van der Waals surface area contributed by atoms with Gasteiger partial charge in [-0.15, -0.1) is 13.2 Å². The number of carbonyl (C=O) groups is 1. The van der Waals surface area contributed by atoms with E-state index in [0.29, 0.717) is 0 Å². The van der Waals surface area contributed by atoms with E-state index in [1.807, 2.05) is 0 Å². The van der Waals surface area contributed by atoms with Gasteiger partial charge in [-0.25, -0.2) is 0 Å². The van der Waals surface area contributed by atoms with Crippen molar-refractivity contribution < 1.29 is 27.8 Å². The Balaban J connectivity index is 2.50. The van der Waals surface area contributed by atoms with Crippen molar-refractivity contribution >= 4 is 5.91 Å². The molecule has 7 heteroatoms. The Hall–Kier alpha value is -2.70. The fourth-order valence-electron chi connectivity index (χ4n) is 1.82. The molecule has 0 saturated heterocycles. The average Bonchev–Trinajstić information content (AvgIpc) is 2.37. The third kappa shape index (κ3) is 3.44. The van der Waals surface area contributed by atoms with E-state index < -0.39 is 18.0 Å². The molecule has 110 valence electrons. The molecule has 0 atom stereocenters. The largest absolute Gasteiger partial charge is 0.573 e. The summed E-state index contributed by atoms with van der Waals surface area (Å²) in [6.07, 6.45) is -4.85. The van der Waals surface area contributed by atoms with Crippen LogP contribution in [0, 0.1) is 0 Å². The van der Waals surface area contributed by atoms with E-state index >= 15 is 0 Å². The van der Waals surface area contributed by atoms with Crippen LogP contribution in [0.2, 0.25) is 0 Å². The molecule has 0 aliphatic carbocycles. The second-order valence-electron chi connectivity index (χ2n) is 4.14. The number of phenolic OH excluding ortho intramolecular Hbond substituents is 1. The second-order valence-corrected chi connectivity index (χ2v) is 4.14. The molecule has 0 aliphatic heterocycles. The topological polar surface area (TPSA) is 72.6 Å². The summed E-state index contributed by atoms with van der Waals surface area (Å²) in [6, 6.07) is 9.06.